The molecule has 2 nitrogen and oxygen atoms in total. The molecule has 2 fully saturated rings. The Morgan fingerprint density at radius 3 is 2.38 bits per heavy atom. The molecule has 2 aliphatic rings. The van der Waals surface area contributed by atoms with Crippen molar-refractivity contribution in [1.29, 1.82) is 0 Å². The van der Waals surface area contributed by atoms with E-state index in [4.69, 9.17) is 0 Å². The van der Waals surface area contributed by atoms with E-state index in [9.17, 15) is 0 Å². The van der Waals surface area contributed by atoms with Gasteiger partial charge < -0.3 is 10.2 Å². The molecule has 1 saturated heterocycles. The summed E-state index contributed by atoms with van der Waals surface area (Å²) in [7, 11) is 2.36. The van der Waals surface area contributed by atoms with Gasteiger partial charge in [-0.15, -0.1) is 0 Å². The van der Waals surface area contributed by atoms with Crippen LogP contribution in [0, 0.1) is 0 Å². The van der Waals surface area contributed by atoms with Crippen LogP contribution in [0.2, 0.25) is 0 Å². The Morgan fingerprint density at radius 2 is 1.71 bits per heavy atom. The summed E-state index contributed by atoms with van der Waals surface area (Å²) in [5, 5.41) is 3.54. The lowest BCUT2D eigenvalue weighted by Crippen LogP contribution is -2.49. The maximum atomic E-state index is 3.54. The van der Waals surface area contributed by atoms with Crippen molar-refractivity contribution in [1.82, 2.24) is 10.2 Å². The lowest BCUT2D eigenvalue weighted by Gasteiger charge is -2.43. The Balaban J connectivity index is 1.76. The van der Waals surface area contributed by atoms with E-state index in [0.29, 0.717) is 5.41 Å². The molecule has 2 heteroatoms. The van der Waals surface area contributed by atoms with Crippen molar-refractivity contribution >= 4 is 0 Å². The molecule has 0 amide bonds. The molecule has 1 aromatic carbocycles. The third-order valence-electron chi connectivity index (χ3n) is 5.70. The van der Waals surface area contributed by atoms with Crippen LogP contribution < -0.4 is 5.32 Å². The van der Waals surface area contributed by atoms with Crippen LogP contribution in [-0.4, -0.2) is 37.6 Å². The van der Waals surface area contributed by atoms with Crippen molar-refractivity contribution in [3.8, 4) is 0 Å². The predicted molar refractivity (Wildman–Crippen MR) is 89.7 cm³/mol. The van der Waals surface area contributed by atoms with Crippen molar-refractivity contribution in [2.24, 2.45) is 0 Å². The van der Waals surface area contributed by atoms with Crippen LogP contribution in [0.4, 0.5) is 0 Å². The maximum absolute atomic E-state index is 3.54. The summed E-state index contributed by atoms with van der Waals surface area (Å²) >= 11 is 0. The molecule has 3 rings (SSSR count). The summed E-state index contributed by atoms with van der Waals surface area (Å²) < 4.78 is 0. The molecule has 1 saturated carbocycles. The fourth-order valence-corrected chi connectivity index (χ4v) is 4.36. The summed E-state index contributed by atoms with van der Waals surface area (Å²) in [5.41, 5.74) is 1.91. The highest BCUT2D eigenvalue weighted by atomic mass is 15.1. The fourth-order valence-electron chi connectivity index (χ4n) is 4.36. The normalized spacial score (nSPS) is 23.3. The van der Waals surface area contributed by atoms with Gasteiger partial charge in [-0.05, 0) is 51.4 Å². The van der Waals surface area contributed by atoms with Crippen molar-refractivity contribution in [2.75, 3.05) is 26.7 Å². The molecule has 0 radical (unpaired) electrons. The van der Waals surface area contributed by atoms with Gasteiger partial charge in [-0.25, -0.2) is 0 Å². The highest BCUT2D eigenvalue weighted by molar-refractivity contribution is 5.27. The van der Waals surface area contributed by atoms with Crippen molar-refractivity contribution < 1.29 is 0 Å². The van der Waals surface area contributed by atoms with Gasteiger partial charge in [0.05, 0.1) is 0 Å². The Morgan fingerprint density at radius 1 is 1.05 bits per heavy atom. The second-order valence-corrected chi connectivity index (χ2v) is 7.10. The number of nitrogens with one attached hydrogen (secondary N) is 1. The maximum Gasteiger partial charge on any atom is 0.0104 e. The minimum absolute atomic E-state index is 0.360. The summed E-state index contributed by atoms with van der Waals surface area (Å²) in [6.45, 7) is 3.55. The minimum atomic E-state index is 0.360. The molecule has 1 aliphatic carbocycles. The standard InChI is InChI=1S/C19H30N2/c1-21(18-10-6-3-7-11-18)16-19(12-14-20-15-13-19)17-8-4-2-5-9-17/h2,4-5,8-9,18,20H,3,6-7,10-16H2,1H3. The molecule has 0 spiro atoms. The van der Waals surface area contributed by atoms with Crippen LogP contribution in [0.3, 0.4) is 0 Å². The molecule has 1 heterocycles. The zero-order chi connectivity index (χ0) is 14.5. The number of rotatable bonds is 4. The highest BCUT2D eigenvalue weighted by Crippen LogP contribution is 2.35. The average Bonchev–Trinajstić information content (AvgIpc) is 2.57. The third kappa shape index (κ3) is 3.49. The average molecular weight is 286 g/mol. The van der Waals surface area contributed by atoms with E-state index in [-0.39, 0.29) is 0 Å². The highest BCUT2D eigenvalue weighted by Gasteiger charge is 2.36. The van der Waals surface area contributed by atoms with Crippen molar-refractivity contribution in [2.45, 2.75) is 56.4 Å². The Bertz CT molecular complexity index is 416. The molecule has 21 heavy (non-hydrogen) atoms. The fraction of sp³-hybridized carbons (Fsp3) is 0.684. The number of benzene rings is 1. The summed E-state index contributed by atoms with van der Waals surface area (Å²) in [6.07, 6.45) is 9.64. The summed E-state index contributed by atoms with van der Waals surface area (Å²) in [6, 6.07) is 12.1. The molecule has 0 bridgehead atoms. The molecule has 1 aliphatic heterocycles. The van der Waals surface area contributed by atoms with E-state index in [0.717, 1.165) is 19.1 Å². The topological polar surface area (TPSA) is 15.3 Å². The van der Waals surface area contributed by atoms with E-state index >= 15 is 0 Å². The number of nitrogens with zero attached hydrogens (tertiary/aromatic N) is 1. The van der Waals surface area contributed by atoms with Gasteiger partial charge in [-0.3, -0.25) is 0 Å². The van der Waals surface area contributed by atoms with Crippen LogP contribution >= 0.6 is 0 Å². The molecular weight excluding hydrogens is 256 g/mol. The second kappa shape index (κ2) is 6.93. The first-order chi connectivity index (χ1) is 10.3. The molecule has 0 unspecified atom stereocenters. The van der Waals surface area contributed by atoms with Crippen LogP contribution in [0.15, 0.2) is 30.3 Å². The monoisotopic (exact) mass is 286 g/mol. The Hall–Kier alpha value is -0.860. The van der Waals surface area contributed by atoms with Crippen LogP contribution in [-0.2, 0) is 5.41 Å². The third-order valence-corrected chi connectivity index (χ3v) is 5.70. The lowest BCUT2D eigenvalue weighted by atomic mass is 9.72. The SMILES string of the molecule is CN(CC1(c2ccccc2)CCNCC1)C1CCCCC1. The van der Waals surface area contributed by atoms with Gasteiger partial charge in [-0.2, -0.15) is 0 Å². The van der Waals surface area contributed by atoms with Gasteiger partial charge in [0, 0.05) is 18.0 Å². The van der Waals surface area contributed by atoms with Crippen molar-refractivity contribution in [3.05, 3.63) is 35.9 Å². The second-order valence-electron chi connectivity index (χ2n) is 7.10. The molecule has 0 aromatic heterocycles. The van der Waals surface area contributed by atoms with E-state index < -0.39 is 0 Å². The van der Waals surface area contributed by atoms with Crippen LogP contribution in [0.5, 0.6) is 0 Å². The number of hydrogen-bond acceptors (Lipinski definition) is 2. The molecule has 0 atom stereocenters. The number of piperidine rings is 1. The van der Waals surface area contributed by atoms with Gasteiger partial charge in [-0.1, -0.05) is 49.6 Å². The Kier molecular flexibility index (Phi) is 4.97. The molecular formula is C19H30N2. The summed E-state index contributed by atoms with van der Waals surface area (Å²) in [5.74, 6) is 0. The van der Waals surface area contributed by atoms with Crippen LogP contribution in [0.25, 0.3) is 0 Å². The first-order valence-electron chi connectivity index (χ1n) is 8.77. The smallest absolute Gasteiger partial charge is 0.0104 e. The number of hydrogen-bond donors (Lipinski definition) is 1. The zero-order valence-corrected chi connectivity index (χ0v) is 13.5. The molecule has 1 N–H and O–H groups in total. The van der Waals surface area contributed by atoms with Crippen molar-refractivity contribution in [3.63, 3.8) is 0 Å². The van der Waals surface area contributed by atoms with Gasteiger partial charge in [0.1, 0.15) is 0 Å². The van der Waals surface area contributed by atoms with E-state index in [1.807, 2.05) is 0 Å². The predicted octanol–water partition coefficient (Wildman–Crippen LogP) is 3.57. The quantitative estimate of drug-likeness (QED) is 0.910. The van der Waals surface area contributed by atoms with Gasteiger partial charge in [0.25, 0.3) is 0 Å². The first kappa shape index (κ1) is 15.1. The molecule has 116 valence electrons. The van der Waals surface area contributed by atoms with E-state index in [1.54, 1.807) is 5.56 Å². The van der Waals surface area contributed by atoms with Crippen LogP contribution in [0.1, 0.15) is 50.5 Å². The first-order valence-corrected chi connectivity index (χ1v) is 8.77. The molecule has 1 aromatic rings. The summed E-state index contributed by atoms with van der Waals surface area (Å²) in [4.78, 5) is 2.68. The van der Waals surface area contributed by atoms with Gasteiger partial charge >= 0.3 is 0 Å². The van der Waals surface area contributed by atoms with Gasteiger partial charge in [0.15, 0.2) is 0 Å². The largest absolute Gasteiger partial charge is 0.317 e. The zero-order valence-electron chi connectivity index (χ0n) is 13.5. The van der Waals surface area contributed by atoms with E-state index in [2.05, 4.69) is 47.6 Å². The minimum Gasteiger partial charge on any atom is -0.317 e. The van der Waals surface area contributed by atoms with Gasteiger partial charge in [0.2, 0.25) is 0 Å². The lowest BCUT2D eigenvalue weighted by molar-refractivity contribution is 0.133. The Labute approximate surface area is 129 Å². The van der Waals surface area contributed by atoms with E-state index in [1.165, 1.54) is 51.5 Å². The number of likely N-dealkylation sites (N-methyl/N-ethyl adjacent to an activating group) is 1.